The van der Waals surface area contributed by atoms with Crippen LogP contribution in [0.5, 0.6) is 0 Å². The van der Waals surface area contributed by atoms with Crippen molar-refractivity contribution < 1.29 is 43.3 Å². The molecule has 0 bridgehead atoms. The molecule has 35 heavy (non-hydrogen) atoms. The van der Waals surface area contributed by atoms with Crippen molar-refractivity contribution in [2.75, 3.05) is 26.3 Å². The fourth-order valence-electron chi connectivity index (χ4n) is 3.62. The molecule has 12 nitrogen and oxygen atoms in total. The molecule has 0 aromatic carbocycles. The van der Waals surface area contributed by atoms with Crippen LogP contribution in [-0.2, 0) is 38.2 Å². The van der Waals surface area contributed by atoms with E-state index >= 15 is 0 Å². The van der Waals surface area contributed by atoms with Gasteiger partial charge in [0.1, 0.15) is 17.9 Å². The Kier molecular flexibility index (Phi) is 14.8. The van der Waals surface area contributed by atoms with Gasteiger partial charge >= 0.3 is 5.97 Å². The number of aliphatic hydroxyl groups excluding tert-OH is 1. The highest BCUT2D eigenvalue weighted by Crippen LogP contribution is 2.26. The van der Waals surface area contributed by atoms with Crippen LogP contribution in [0, 0.1) is 0 Å². The van der Waals surface area contributed by atoms with Crippen molar-refractivity contribution in [3.05, 3.63) is 0 Å². The van der Waals surface area contributed by atoms with E-state index in [4.69, 9.17) is 19.3 Å². The lowest BCUT2D eigenvalue weighted by atomic mass is 9.96. The number of ether oxygens (including phenoxy) is 3. The van der Waals surface area contributed by atoms with E-state index in [1.54, 1.807) is 0 Å². The smallest absolute Gasteiger partial charge is 0.302 e. The van der Waals surface area contributed by atoms with Crippen LogP contribution in [0.25, 0.3) is 0 Å². The summed E-state index contributed by atoms with van der Waals surface area (Å²) in [7, 11) is 0. The minimum atomic E-state index is -0.917. The van der Waals surface area contributed by atoms with Crippen LogP contribution in [0.4, 0.5) is 0 Å². The van der Waals surface area contributed by atoms with Crippen LogP contribution in [0.3, 0.4) is 0 Å². The Morgan fingerprint density at radius 2 is 1.63 bits per heavy atom. The minimum Gasteiger partial charge on any atom is -0.460 e. The second-order valence-corrected chi connectivity index (χ2v) is 8.50. The van der Waals surface area contributed by atoms with Crippen LogP contribution >= 0.6 is 0 Å². The predicted molar refractivity (Wildman–Crippen MR) is 124 cm³/mol. The number of carbonyl (C=O) groups excluding carboxylic acids is 5. The molecule has 1 aliphatic heterocycles. The molecule has 1 aliphatic rings. The van der Waals surface area contributed by atoms with Crippen molar-refractivity contribution >= 4 is 29.5 Å². The standard InChI is InChI=1S/C23H39N3O9/c1-15(28)13-18-14-19(34-17(3)30)22(26-16(2)29)23(35-18)33-12-5-4-7-20(31)25-10-8-21(32)24-9-6-11-27/h18-19,22-23,27H,4-14H2,1-3H3,(H,24,32)(H,25,31)(H,26,29). The summed E-state index contributed by atoms with van der Waals surface area (Å²) in [6.45, 7) is 4.90. The fourth-order valence-corrected chi connectivity index (χ4v) is 3.62. The average molecular weight is 502 g/mol. The lowest BCUT2D eigenvalue weighted by Gasteiger charge is -2.41. The van der Waals surface area contributed by atoms with E-state index in [0.717, 1.165) is 0 Å². The number of Topliss-reactive ketones (excluding diaryl/α,β-unsaturated/α-hetero) is 1. The third kappa shape index (κ3) is 13.8. The van der Waals surface area contributed by atoms with Gasteiger partial charge in [-0.3, -0.25) is 24.0 Å². The molecule has 4 N–H and O–H groups in total. The predicted octanol–water partition coefficient (Wildman–Crippen LogP) is -0.291. The molecule has 1 rings (SSSR count). The van der Waals surface area contributed by atoms with Crippen LogP contribution in [0.1, 0.15) is 65.7 Å². The molecule has 4 atom stereocenters. The summed E-state index contributed by atoms with van der Waals surface area (Å²) in [5.74, 6) is -1.31. The lowest BCUT2D eigenvalue weighted by Crippen LogP contribution is -2.59. The van der Waals surface area contributed by atoms with E-state index in [1.165, 1.54) is 20.8 Å². The normalized spacial score (nSPS) is 21.6. The van der Waals surface area contributed by atoms with Gasteiger partial charge in [0.2, 0.25) is 17.7 Å². The number of rotatable bonds is 16. The molecule has 0 aliphatic carbocycles. The highest BCUT2D eigenvalue weighted by atomic mass is 16.7. The van der Waals surface area contributed by atoms with E-state index in [9.17, 15) is 24.0 Å². The first-order valence-electron chi connectivity index (χ1n) is 12.0. The first-order chi connectivity index (χ1) is 16.6. The van der Waals surface area contributed by atoms with Crippen molar-refractivity contribution in [1.29, 1.82) is 0 Å². The monoisotopic (exact) mass is 501 g/mol. The van der Waals surface area contributed by atoms with Crippen LogP contribution < -0.4 is 16.0 Å². The number of esters is 1. The van der Waals surface area contributed by atoms with Gasteiger partial charge in [0, 0.05) is 65.8 Å². The minimum absolute atomic E-state index is 0.00721. The maximum atomic E-state index is 11.9. The summed E-state index contributed by atoms with van der Waals surface area (Å²) in [6, 6.07) is -0.730. The van der Waals surface area contributed by atoms with Crippen molar-refractivity contribution in [3.63, 3.8) is 0 Å². The van der Waals surface area contributed by atoms with Crippen LogP contribution in [0.2, 0.25) is 0 Å². The molecule has 4 unspecified atom stereocenters. The maximum absolute atomic E-state index is 11.9. The molecule has 0 aromatic heterocycles. The Balaban J connectivity index is 2.45. The third-order valence-electron chi connectivity index (χ3n) is 5.13. The molecular formula is C23H39N3O9. The quantitative estimate of drug-likeness (QED) is 0.164. The summed E-state index contributed by atoms with van der Waals surface area (Å²) in [5, 5.41) is 16.7. The van der Waals surface area contributed by atoms with Gasteiger partial charge in [-0.15, -0.1) is 0 Å². The van der Waals surface area contributed by atoms with Crippen molar-refractivity contribution in [3.8, 4) is 0 Å². The number of aliphatic hydroxyl groups is 1. The molecule has 0 spiro atoms. The Bertz CT molecular complexity index is 716. The molecule has 0 aromatic rings. The highest BCUT2D eigenvalue weighted by molar-refractivity contribution is 5.79. The number of nitrogens with one attached hydrogen (secondary N) is 3. The summed E-state index contributed by atoms with van der Waals surface area (Å²) in [6.07, 6.45) is 0.193. The number of carbonyl (C=O) groups is 5. The average Bonchev–Trinajstić information content (AvgIpc) is 2.74. The molecule has 0 radical (unpaired) electrons. The summed E-state index contributed by atoms with van der Waals surface area (Å²) < 4.78 is 17.1. The third-order valence-corrected chi connectivity index (χ3v) is 5.13. The summed E-state index contributed by atoms with van der Waals surface area (Å²) in [5.41, 5.74) is 0. The second kappa shape index (κ2) is 17.0. The molecule has 1 saturated heterocycles. The summed E-state index contributed by atoms with van der Waals surface area (Å²) >= 11 is 0. The first-order valence-corrected chi connectivity index (χ1v) is 12.0. The van der Waals surface area contributed by atoms with Gasteiger partial charge in [-0.05, 0) is 26.2 Å². The largest absolute Gasteiger partial charge is 0.460 e. The molecule has 1 fully saturated rings. The number of ketones is 1. The van der Waals surface area contributed by atoms with Gasteiger partial charge in [-0.25, -0.2) is 0 Å². The van der Waals surface area contributed by atoms with Gasteiger partial charge in [-0.2, -0.15) is 0 Å². The number of amides is 3. The Morgan fingerprint density at radius 3 is 2.26 bits per heavy atom. The second-order valence-electron chi connectivity index (χ2n) is 8.50. The van der Waals surface area contributed by atoms with Gasteiger partial charge in [0.25, 0.3) is 0 Å². The van der Waals surface area contributed by atoms with E-state index < -0.39 is 30.5 Å². The lowest BCUT2D eigenvalue weighted by molar-refractivity contribution is -0.236. The molecule has 200 valence electrons. The summed E-state index contributed by atoms with van der Waals surface area (Å²) in [4.78, 5) is 58.3. The molecule has 3 amide bonds. The molecule has 0 saturated carbocycles. The number of unbranched alkanes of at least 4 members (excludes halogenated alkanes) is 1. The molecule has 1 heterocycles. The van der Waals surface area contributed by atoms with E-state index in [0.29, 0.717) is 25.8 Å². The van der Waals surface area contributed by atoms with Gasteiger partial charge in [-0.1, -0.05) is 0 Å². The molecule has 12 heteroatoms. The topological polar surface area (TPSA) is 169 Å². The number of hydrogen-bond donors (Lipinski definition) is 4. The van der Waals surface area contributed by atoms with Crippen molar-refractivity contribution in [2.24, 2.45) is 0 Å². The fraction of sp³-hybridized carbons (Fsp3) is 0.783. The SMILES string of the molecule is CC(=O)CC1CC(OC(C)=O)C(NC(C)=O)C(OCCCCC(=O)NCCC(=O)NCCCO)O1. The Morgan fingerprint density at radius 1 is 0.943 bits per heavy atom. The zero-order chi connectivity index (χ0) is 26.2. The Hall–Kier alpha value is -2.57. The van der Waals surface area contributed by atoms with Crippen molar-refractivity contribution in [2.45, 2.75) is 90.3 Å². The van der Waals surface area contributed by atoms with Gasteiger partial charge < -0.3 is 35.3 Å². The maximum Gasteiger partial charge on any atom is 0.302 e. The Labute approximate surface area is 205 Å². The first kappa shape index (κ1) is 30.5. The zero-order valence-electron chi connectivity index (χ0n) is 20.8. The van der Waals surface area contributed by atoms with E-state index in [-0.39, 0.29) is 68.9 Å². The van der Waals surface area contributed by atoms with Crippen LogP contribution in [0.15, 0.2) is 0 Å². The molecular weight excluding hydrogens is 462 g/mol. The van der Waals surface area contributed by atoms with Crippen LogP contribution in [-0.4, -0.2) is 85.4 Å². The highest BCUT2D eigenvalue weighted by Gasteiger charge is 2.42. The van der Waals surface area contributed by atoms with Gasteiger partial charge in [0.05, 0.1) is 6.10 Å². The van der Waals surface area contributed by atoms with Gasteiger partial charge in [0.15, 0.2) is 6.29 Å². The van der Waals surface area contributed by atoms with E-state index in [2.05, 4.69) is 16.0 Å². The number of hydrogen-bond acceptors (Lipinski definition) is 9. The van der Waals surface area contributed by atoms with E-state index in [1.807, 2.05) is 0 Å². The van der Waals surface area contributed by atoms with Crippen molar-refractivity contribution in [1.82, 2.24) is 16.0 Å². The zero-order valence-corrected chi connectivity index (χ0v) is 20.8.